The van der Waals surface area contributed by atoms with Crippen LogP contribution >= 0.6 is 43.5 Å². The molecular formula is C13H12Br2ClNO. The highest BCUT2D eigenvalue weighted by Gasteiger charge is 2.15. The molecule has 2 rings (SSSR count). The van der Waals surface area contributed by atoms with Crippen LogP contribution in [0.1, 0.15) is 18.7 Å². The van der Waals surface area contributed by atoms with Gasteiger partial charge in [-0.05, 0) is 70.1 Å². The van der Waals surface area contributed by atoms with E-state index in [1.165, 1.54) is 0 Å². The summed E-state index contributed by atoms with van der Waals surface area (Å²) in [7, 11) is 1.90. The van der Waals surface area contributed by atoms with Gasteiger partial charge in [-0.2, -0.15) is 0 Å². The molecule has 1 aromatic carbocycles. The van der Waals surface area contributed by atoms with Gasteiger partial charge in [0.25, 0.3) is 0 Å². The number of hydrogen-bond donors (Lipinski definition) is 1. The van der Waals surface area contributed by atoms with Crippen molar-refractivity contribution in [3.05, 3.63) is 44.0 Å². The largest absolute Gasteiger partial charge is 0.459 e. The third kappa shape index (κ3) is 2.82. The van der Waals surface area contributed by atoms with Crippen LogP contribution in [0, 0.1) is 0 Å². The zero-order valence-electron chi connectivity index (χ0n) is 9.93. The zero-order chi connectivity index (χ0) is 13.3. The summed E-state index contributed by atoms with van der Waals surface area (Å²) in [5.74, 6) is 1.71. The van der Waals surface area contributed by atoms with E-state index in [-0.39, 0.29) is 6.04 Å². The maximum Gasteiger partial charge on any atom is 0.136 e. The van der Waals surface area contributed by atoms with Crippen LogP contribution in [0.3, 0.4) is 0 Å². The lowest BCUT2D eigenvalue weighted by Crippen LogP contribution is -2.11. The SMILES string of the molecule is CNC(C)c1ccc(-c2c(Br)cc(Cl)cc2Br)o1. The van der Waals surface area contributed by atoms with Crippen LogP contribution in [-0.2, 0) is 0 Å². The van der Waals surface area contributed by atoms with Crippen molar-refractivity contribution in [1.82, 2.24) is 5.32 Å². The molecule has 2 nitrogen and oxygen atoms in total. The number of nitrogens with one attached hydrogen (secondary N) is 1. The lowest BCUT2D eigenvalue weighted by atomic mass is 10.2. The Hall–Kier alpha value is -0.290. The van der Waals surface area contributed by atoms with Crippen LogP contribution in [0.25, 0.3) is 11.3 Å². The summed E-state index contributed by atoms with van der Waals surface area (Å²) in [6.07, 6.45) is 0. The average Bonchev–Trinajstić information content (AvgIpc) is 2.76. The van der Waals surface area contributed by atoms with E-state index in [1.54, 1.807) is 0 Å². The van der Waals surface area contributed by atoms with Gasteiger partial charge in [0.05, 0.1) is 6.04 Å². The summed E-state index contributed by atoms with van der Waals surface area (Å²) in [5.41, 5.74) is 0.967. The molecule has 0 amide bonds. The predicted molar refractivity (Wildman–Crippen MR) is 82.0 cm³/mol. The summed E-state index contributed by atoms with van der Waals surface area (Å²) in [6, 6.07) is 7.83. The van der Waals surface area contributed by atoms with Crippen molar-refractivity contribution in [3.8, 4) is 11.3 Å². The second-order valence-electron chi connectivity index (χ2n) is 3.96. The molecule has 5 heteroatoms. The first-order valence-electron chi connectivity index (χ1n) is 5.45. The van der Waals surface area contributed by atoms with Gasteiger partial charge < -0.3 is 9.73 Å². The maximum atomic E-state index is 5.99. The molecule has 1 N–H and O–H groups in total. The standard InChI is InChI=1S/C13H12Br2ClNO/c1-7(17-2)11-3-4-12(18-11)13-9(14)5-8(16)6-10(13)15/h3-7,17H,1-2H3. The van der Waals surface area contributed by atoms with E-state index in [4.69, 9.17) is 16.0 Å². The second kappa shape index (κ2) is 5.78. The summed E-state index contributed by atoms with van der Waals surface area (Å²) in [5, 5.41) is 3.82. The van der Waals surface area contributed by atoms with Gasteiger partial charge >= 0.3 is 0 Å². The van der Waals surface area contributed by atoms with Crippen LogP contribution in [0.4, 0.5) is 0 Å². The lowest BCUT2D eigenvalue weighted by molar-refractivity contribution is 0.458. The smallest absolute Gasteiger partial charge is 0.136 e. The van der Waals surface area contributed by atoms with Crippen LogP contribution in [0.15, 0.2) is 37.6 Å². The van der Waals surface area contributed by atoms with Crippen molar-refractivity contribution in [2.75, 3.05) is 7.05 Å². The highest BCUT2D eigenvalue weighted by molar-refractivity contribution is 9.11. The van der Waals surface area contributed by atoms with Crippen LogP contribution in [-0.4, -0.2) is 7.05 Å². The summed E-state index contributed by atoms with van der Waals surface area (Å²) >= 11 is 13.0. The molecule has 0 saturated heterocycles. The third-order valence-corrected chi connectivity index (χ3v) is 4.21. The molecule has 0 aliphatic rings. The van der Waals surface area contributed by atoms with Crippen molar-refractivity contribution in [1.29, 1.82) is 0 Å². The molecule has 0 spiro atoms. The number of rotatable bonds is 3. The van der Waals surface area contributed by atoms with Gasteiger partial charge in [-0.1, -0.05) is 11.6 Å². The molecule has 0 radical (unpaired) electrons. The van der Waals surface area contributed by atoms with E-state index in [2.05, 4.69) is 44.1 Å². The third-order valence-electron chi connectivity index (χ3n) is 2.74. The minimum absolute atomic E-state index is 0.184. The Morgan fingerprint density at radius 3 is 2.39 bits per heavy atom. The van der Waals surface area contributed by atoms with Crippen molar-refractivity contribution >= 4 is 43.5 Å². The molecule has 1 unspecified atom stereocenters. The first-order chi connectivity index (χ1) is 8.52. The fourth-order valence-electron chi connectivity index (χ4n) is 1.64. The van der Waals surface area contributed by atoms with E-state index in [1.807, 2.05) is 31.3 Å². The highest BCUT2D eigenvalue weighted by Crippen LogP contribution is 2.38. The van der Waals surface area contributed by atoms with E-state index < -0.39 is 0 Å². The van der Waals surface area contributed by atoms with Gasteiger partial charge in [-0.25, -0.2) is 0 Å². The Morgan fingerprint density at radius 1 is 1.22 bits per heavy atom. The Bertz CT molecular complexity index is 545. The maximum absolute atomic E-state index is 5.99. The lowest BCUT2D eigenvalue weighted by Gasteiger charge is -2.08. The summed E-state index contributed by atoms with van der Waals surface area (Å²) in [6.45, 7) is 2.05. The van der Waals surface area contributed by atoms with Gasteiger partial charge in [0.15, 0.2) is 0 Å². The molecule has 0 fully saturated rings. The number of benzene rings is 1. The Kier molecular flexibility index (Phi) is 4.54. The van der Waals surface area contributed by atoms with Gasteiger partial charge in [-0.15, -0.1) is 0 Å². The Balaban J connectivity index is 2.46. The Morgan fingerprint density at radius 2 is 1.83 bits per heavy atom. The fourth-order valence-corrected chi connectivity index (χ4v) is 3.70. The van der Waals surface area contributed by atoms with Crippen LogP contribution in [0.5, 0.6) is 0 Å². The second-order valence-corrected chi connectivity index (χ2v) is 6.10. The first-order valence-corrected chi connectivity index (χ1v) is 7.41. The van der Waals surface area contributed by atoms with Crippen molar-refractivity contribution in [2.45, 2.75) is 13.0 Å². The monoisotopic (exact) mass is 391 g/mol. The number of hydrogen-bond acceptors (Lipinski definition) is 2. The molecule has 0 aliphatic heterocycles. The van der Waals surface area contributed by atoms with E-state index >= 15 is 0 Å². The summed E-state index contributed by atoms with van der Waals surface area (Å²) < 4.78 is 7.66. The zero-order valence-corrected chi connectivity index (χ0v) is 13.9. The molecule has 0 saturated carbocycles. The Labute approximate surface area is 128 Å². The van der Waals surface area contributed by atoms with Crippen molar-refractivity contribution in [2.24, 2.45) is 0 Å². The van der Waals surface area contributed by atoms with E-state index in [0.29, 0.717) is 5.02 Å². The average molecular weight is 394 g/mol. The van der Waals surface area contributed by atoms with Gasteiger partial charge in [-0.3, -0.25) is 0 Å². The molecule has 1 atom stereocenters. The quantitative estimate of drug-likeness (QED) is 0.755. The molecule has 1 heterocycles. The van der Waals surface area contributed by atoms with E-state index in [9.17, 15) is 0 Å². The normalized spacial score (nSPS) is 12.7. The minimum Gasteiger partial charge on any atom is -0.459 e. The highest BCUT2D eigenvalue weighted by atomic mass is 79.9. The molecule has 18 heavy (non-hydrogen) atoms. The predicted octanol–water partition coefficient (Wildman–Crippen LogP) is 5.41. The minimum atomic E-state index is 0.184. The van der Waals surface area contributed by atoms with Crippen LogP contribution < -0.4 is 5.32 Å². The van der Waals surface area contributed by atoms with Gasteiger partial charge in [0.1, 0.15) is 11.5 Å². The van der Waals surface area contributed by atoms with Crippen molar-refractivity contribution < 1.29 is 4.42 Å². The van der Waals surface area contributed by atoms with Crippen LogP contribution in [0.2, 0.25) is 5.02 Å². The number of furan rings is 1. The molecular weight excluding hydrogens is 381 g/mol. The van der Waals surface area contributed by atoms with Gasteiger partial charge in [0.2, 0.25) is 0 Å². The molecule has 2 aromatic rings. The van der Waals surface area contributed by atoms with Crippen molar-refractivity contribution in [3.63, 3.8) is 0 Å². The molecule has 0 aliphatic carbocycles. The molecule has 1 aromatic heterocycles. The summed E-state index contributed by atoms with van der Waals surface area (Å²) in [4.78, 5) is 0. The fraction of sp³-hybridized carbons (Fsp3) is 0.231. The van der Waals surface area contributed by atoms with E-state index in [0.717, 1.165) is 26.0 Å². The topological polar surface area (TPSA) is 25.2 Å². The first kappa shape index (κ1) is 14.1. The molecule has 0 bridgehead atoms. The molecule has 96 valence electrons. The number of halogens is 3. The van der Waals surface area contributed by atoms with Gasteiger partial charge in [0, 0.05) is 19.5 Å².